The third kappa shape index (κ3) is 3.32. The number of rotatable bonds is 5. The molecule has 1 atom stereocenters. The van der Waals surface area contributed by atoms with Crippen LogP contribution in [-0.4, -0.2) is 31.4 Å². The minimum absolute atomic E-state index is 0.0134. The molecule has 0 aliphatic heterocycles. The first-order valence-corrected chi connectivity index (χ1v) is 5.42. The van der Waals surface area contributed by atoms with Gasteiger partial charge in [-0.05, 0) is 24.3 Å². The Hall–Kier alpha value is -0.870. The van der Waals surface area contributed by atoms with Crippen molar-refractivity contribution < 1.29 is 14.3 Å². The standard InChI is InChI=1S/C11H13BrO3/c1-14-7-10(12)11(13)8-3-5-9(15-2)6-4-8/h3-6,10H,7H2,1-2H3. The van der Waals surface area contributed by atoms with Crippen LogP contribution in [0.1, 0.15) is 10.4 Å². The number of Topliss-reactive ketones (excluding diaryl/α,β-unsaturated/α-hetero) is 1. The molecule has 0 fully saturated rings. The number of halogens is 1. The Morgan fingerprint density at radius 3 is 2.40 bits per heavy atom. The SMILES string of the molecule is COCC(Br)C(=O)c1ccc(OC)cc1. The molecule has 1 aromatic rings. The summed E-state index contributed by atoms with van der Waals surface area (Å²) >= 11 is 3.27. The van der Waals surface area contributed by atoms with Crippen LogP contribution in [0.15, 0.2) is 24.3 Å². The summed E-state index contributed by atoms with van der Waals surface area (Å²) in [6.45, 7) is 0.366. The van der Waals surface area contributed by atoms with E-state index >= 15 is 0 Å². The van der Waals surface area contributed by atoms with Crippen LogP contribution in [0.3, 0.4) is 0 Å². The Bertz CT molecular complexity index is 321. The van der Waals surface area contributed by atoms with Crippen LogP contribution in [0, 0.1) is 0 Å². The predicted octanol–water partition coefficient (Wildman–Crippen LogP) is 2.29. The van der Waals surface area contributed by atoms with Gasteiger partial charge in [-0.15, -0.1) is 0 Å². The summed E-state index contributed by atoms with van der Waals surface area (Å²) < 4.78 is 9.91. The van der Waals surface area contributed by atoms with Crippen molar-refractivity contribution in [2.75, 3.05) is 20.8 Å². The molecule has 0 aliphatic rings. The number of ketones is 1. The Balaban J connectivity index is 2.73. The van der Waals surface area contributed by atoms with Crippen LogP contribution in [0.4, 0.5) is 0 Å². The zero-order chi connectivity index (χ0) is 11.3. The lowest BCUT2D eigenvalue weighted by molar-refractivity contribution is 0.0947. The van der Waals surface area contributed by atoms with Crippen molar-refractivity contribution in [1.29, 1.82) is 0 Å². The zero-order valence-corrected chi connectivity index (χ0v) is 10.3. The van der Waals surface area contributed by atoms with Crippen molar-refractivity contribution in [1.82, 2.24) is 0 Å². The minimum Gasteiger partial charge on any atom is -0.497 e. The molecule has 0 heterocycles. The first-order valence-electron chi connectivity index (χ1n) is 4.50. The zero-order valence-electron chi connectivity index (χ0n) is 8.70. The van der Waals surface area contributed by atoms with E-state index in [1.165, 1.54) is 0 Å². The minimum atomic E-state index is -0.295. The Labute approximate surface area is 97.5 Å². The number of ether oxygens (including phenoxy) is 2. The van der Waals surface area contributed by atoms with E-state index in [9.17, 15) is 4.79 Å². The van der Waals surface area contributed by atoms with Gasteiger partial charge in [0.1, 0.15) is 10.6 Å². The van der Waals surface area contributed by atoms with Gasteiger partial charge < -0.3 is 9.47 Å². The number of carbonyl (C=O) groups is 1. The van der Waals surface area contributed by atoms with Crippen LogP contribution in [-0.2, 0) is 4.74 Å². The molecule has 82 valence electrons. The average molecular weight is 273 g/mol. The van der Waals surface area contributed by atoms with Gasteiger partial charge in [-0.25, -0.2) is 0 Å². The number of benzene rings is 1. The molecule has 0 bridgehead atoms. The summed E-state index contributed by atoms with van der Waals surface area (Å²) in [4.78, 5) is 11.5. The quantitative estimate of drug-likeness (QED) is 0.610. The largest absolute Gasteiger partial charge is 0.497 e. The van der Waals surface area contributed by atoms with Crippen molar-refractivity contribution >= 4 is 21.7 Å². The first-order chi connectivity index (χ1) is 7.19. The second-order valence-corrected chi connectivity index (χ2v) is 4.12. The maximum atomic E-state index is 11.8. The highest BCUT2D eigenvalue weighted by Gasteiger charge is 2.16. The molecule has 1 rings (SSSR count). The van der Waals surface area contributed by atoms with E-state index in [0.717, 1.165) is 5.75 Å². The second kappa shape index (κ2) is 5.88. The molecule has 0 aromatic heterocycles. The fourth-order valence-electron chi connectivity index (χ4n) is 1.16. The maximum Gasteiger partial charge on any atom is 0.178 e. The summed E-state index contributed by atoms with van der Waals surface area (Å²) in [5, 5.41) is 0. The molecule has 0 saturated carbocycles. The molecule has 1 unspecified atom stereocenters. The third-order valence-corrected chi connectivity index (χ3v) is 2.65. The molecule has 0 N–H and O–H groups in total. The molecule has 4 heteroatoms. The van der Waals surface area contributed by atoms with Crippen LogP contribution >= 0.6 is 15.9 Å². The molecule has 1 aromatic carbocycles. The van der Waals surface area contributed by atoms with E-state index < -0.39 is 0 Å². The van der Waals surface area contributed by atoms with E-state index in [4.69, 9.17) is 9.47 Å². The van der Waals surface area contributed by atoms with E-state index in [1.54, 1.807) is 38.5 Å². The van der Waals surface area contributed by atoms with Crippen LogP contribution in [0.25, 0.3) is 0 Å². The summed E-state index contributed by atoms with van der Waals surface area (Å²) in [6.07, 6.45) is 0. The van der Waals surface area contributed by atoms with Gasteiger partial charge in [0.15, 0.2) is 5.78 Å². The van der Waals surface area contributed by atoms with Crippen LogP contribution in [0.2, 0.25) is 0 Å². The molecule has 0 aliphatic carbocycles. The molecular formula is C11H13BrO3. The van der Waals surface area contributed by atoms with Gasteiger partial charge in [-0.1, -0.05) is 15.9 Å². The lowest BCUT2D eigenvalue weighted by Gasteiger charge is -2.07. The second-order valence-electron chi connectivity index (χ2n) is 3.02. The molecule has 0 amide bonds. The molecule has 0 spiro atoms. The molecule has 15 heavy (non-hydrogen) atoms. The van der Waals surface area contributed by atoms with E-state index in [0.29, 0.717) is 12.2 Å². The lowest BCUT2D eigenvalue weighted by Crippen LogP contribution is -2.19. The maximum absolute atomic E-state index is 11.8. The monoisotopic (exact) mass is 272 g/mol. The van der Waals surface area contributed by atoms with Gasteiger partial charge >= 0.3 is 0 Å². The van der Waals surface area contributed by atoms with Gasteiger partial charge in [0.25, 0.3) is 0 Å². The number of hydrogen-bond acceptors (Lipinski definition) is 3. The van der Waals surface area contributed by atoms with Crippen molar-refractivity contribution in [3.05, 3.63) is 29.8 Å². The van der Waals surface area contributed by atoms with Crippen molar-refractivity contribution in [3.63, 3.8) is 0 Å². The summed E-state index contributed by atoms with van der Waals surface area (Å²) in [7, 11) is 3.16. The van der Waals surface area contributed by atoms with Gasteiger partial charge in [-0.3, -0.25) is 4.79 Å². The molecule has 0 saturated heterocycles. The topological polar surface area (TPSA) is 35.5 Å². The highest BCUT2D eigenvalue weighted by atomic mass is 79.9. The van der Waals surface area contributed by atoms with E-state index in [-0.39, 0.29) is 10.6 Å². The van der Waals surface area contributed by atoms with Gasteiger partial charge in [0.2, 0.25) is 0 Å². The number of carbonyl (C=O) groups excluding carboxylic acids is 1. The van der Waals surface area contributed by atoms with Gasteiger partial charge in [0.05, 0.1) is 13.7 Å². The highest BCUT2D eigenvalue weighted by Crippen LogP contribution is 2.15. The van der Waals surface area contributed by atoms with Crippen LogP contribution in [0.5, 0.6) is 5.75 Å². The van der Waals surface area contributed by atoms with Crippen molar-refractivity contribution in [3.8, 4) is 5.75 Å². The smallest absolute Gasteiger partial charge is 0.178 e. The third-order valence-electron chi connectivity index (χ3n) is 1.97. The number of methoxy groups -OCH3 is 2. The fraction of sp³-hybridized carbons (Fsp3) is 0.364. The normalized spacial score (nSPS) is 12.2. The van der Waals surface area contributed by atoms with E-state index in [1.807, 2.05) is 0 Å². The predicted molar refractivity (Wildman–Crippen MR) is 61.9 cm³/mol. The molecule has 3 nitrogen and oxygen atoms in total. The summed E-state index contributed by atoms with van der Waals surface area (Å²) in [6, 6.07) is 7.01. The highest BCUT2D eigenvalue weighted by molar-refractivity contribution is 9.10. The number of alkyl halides is 1. The van der Waals surface area contributed by atoms with Gasteiger partial charge in [-0.2, -0.15) is 0 Å². The summed E-state index contributed by atoms with van der Waals surface area (Å²) in [5.74, 6) is 0.754. The fourth-order valence-corrected chi connectivity index (χ4v) is 1.69. The van der Waals surface area contributed by atoms with E-state index in [2.05, 4.69) is 15.9 Å². The van der Waals surface area contributed by atoms with Crippen LogP contribution < -0.4 is 4.74 Å². The Morgan fingerprint density at radius 1 is 1.33 bits per heavy atom. The molecular weight excluding hydrogens is 260 g/mol. The first kappa shape index (κ1) is 12.2. The summed E-state index contributed by atoms with van der Waals surface area (Å²) in [5.41, 5.74) is 0.648. The lowest BCUT2D eigenvalue weighted by atomic mass is 10.1. The Kier molecular flexibility index (Phi) is 4.78. The average Bonchev–Trinajstić information content (AvgIpc) is 2.28. The Morgan fingerprint density at radius 2 is 1.93 bits per heavy atom. The van der Waals surface area contributed by atoms with Gasteiger partial charge in [0, 0.05) is 12.7 Å². The number of hydrogen-bond donors (Lipinski definition) is 0. The van der Waals surface area contributed by atoms with Crippen molar-refractivity contribution in [2.24, 2.45) is 0 Å². The molecule has 0 radical (unpaired) electrons. The van der Waals surface area contributed by atoms with Crippen molar-refractivity contribution in [2.45, 2.75) is 4.83 Å².